The number of nitrogens with one attached hydrogen (secondary N) is 1. The number of nitrogens with zero attached hydrogens (tertiary/aromatic N) is 1. The van der Waals surface area contributed by atoms with Gasteiger partial charge in [-0.05, 0) is 30.4 Å². The fraction of sp³-hybridized carbons (Fsp3) is 0. The van der Waals surface area contributed by atoms with Gasteiger partial charge in [-0.3, -0.25) is 5.43 Å². The number of rotatable bonds is 3. The van der Waals surface area contributed by atoms with E-state index in [9.17, 15) is 0 Å². The summed E-state index contributed by atoms with van der Waals surface area (Å²) in [7, 11) is 0. The third kappa shape index (κ3) is 3.55. The molecule has 0 radical (unpaired) electrons. The zero-order chi connectivity index (χ0) is 14.5. The van der Waals surface area contributed by atoms with Crippen LogP contribution in [0.5, 0.6) is 0 Å². The maximum absolute atomic E-state index is 6.04. The number of anilines is 1. The summed E-state index contributed by atoms with van der Waals surface area (Å²) < 4.78 is 0.917. The first kappa shape index (κ1) is 14.5. The largest absolute Gasteiger partial charge is 0.398 e. The number of hydrogen-bond donors (Lipinski definition) is 3. The minimum Gasteiger partial charge on any atom is -0.398 e. The second-order valence-corrected chi connectivity index (χ2v) is 5.39. The zero-order valence-corrected chi connectivity index (χ0v) is 12.9. The highest BCUT2D eigenvalue weighted by Crippen LogP contribution is 2.22. The van der Waals surface area contributed by atoms with Crippen LogP contribution in [-0.4, -0.2) is 10.8 Å². The minimum atomic E-state index is 0.104. The molecule has 5 N–H and O–H groups in total. The average Bonchev–Trinajstić information content (AvgIpc) is 2.43. The van der Waals surface area contributed by atoms with E-state index in [2.05, 4.69) is 26.5 Å². The van der Waals surface area contributed by atoms with E-state index in [0.717, 1.165) is 15.6 Å². The van der Waals surface area contributed by atoms with Crippen LogP contribution in [0, 0.1) is 0 Å². The molecule has 0 aliphatic heterocycles. The number of thiocarbonyl (C=S) groups is 1. The highest BCUT2D eigenvalue weighted by Gasteiger charge is 2.11. The van der Waals surface area contributed by atoms with Gasteiger partial charge in [-0.15, -0.1) is 0 Å². The van der Waals surface area contributed by atoms with Crippen molar-refractivity contribution in [2.45, 2.75) is 0 Å². The average molecular weight is 349 g/mol. The van der Waals surface area contributed by atoms with Crippen LogP contribution < -0.4 is 16.9 Å². The van der Waals surface area contributed by atoms with Gasteiger partial charge >= 0.3 is 0 Å². The molecule has 2 aromatic carbocycles. The number of nitrogens with two attached hydrogens (primary N) is 2. The molecule has 2 aromatic rings. The van der Waals surface area contributed by atoms with Gasteiger partial charge in [-0.2, -0.15) is 5.10 Å². The molecule has 0 aromatic heterocycles. The maximum Gasteiger partial charge on any atom is 0.184 e. The second kappa shape index (κ2) is 6.49. The molecule has 0 bridgehead atoms. The Morgan fingerprint density at radius 1 is 1.15 bits per heavy atom. The van der Waals surface area contributed by atoms with Gasteiger partial charge in [0.05, 0.1) is 5.71 Å². The smallest absolute Gasteiger partial charge is 0.184 e. The molecule has 2 rings (SSSR count). The van der Waals surface area contributed by atoms with Crippen molar-refractivity contribution in [2.75, 3.05) is 5.73 Å². The molecule has 0 atom stereocenters. The number of halogens is 1. The molecular weight excluding hydrogens is 336 g/mol. The van der Waals surface area contributed by atoms with Crippen LogP contribution in [0.2, 0.25) is 0 Å². The number of benzene rings is 2. The Hall–Kier alpha value is -1.92. The molecule has 0 aliphatic carbocycles. The van der Waals surface area contributed by atoms with Crippen molar-refractivity contribution in [1.29, 1.82) is 0 Å². The van der Waals surface area contributed by atoms with Gasteiger partial charge in [-0.1, -0.05) is 46.3 Å². The second-order valence-electron chi connectivity index (χ2n) is 4.03. The quantitative estimate of drug-likeness (QED) is 0.345. The fourth-order valence-corrected chi connectivity index (χ4v) is 2.13. The topological polar surface area (TPSA) is 76.4 Å². The van der Waals surface area contributed by atoms with Crippen LogP contribution >= 0.6 is 28.1 Å². The van der Waals surface area contributed by atoms with Crippen molar-refractivity contribution in [3.05, 3.63) is 64.1 Å². The van der Waals surface area contributed by atoms with E-state index in [1.54, 1.807) is 0 Å². The Morgan fingerprint density at radius 2 is 1.85 bits per heavy atom. The molecule has 0 aliphatic rings. The molecule has 0 heterocycles. The van der Waals surface area contributed by atoms with Crippen molar-refractivity contribution in [3.8, 4) is 0 Å². The van der Waals surface area contributed by atoms with Crippen LogP contribution in [0.25, 0.3) is 0 Å². The lowest BCUT2D eigenvalue weighted by atomic mass is 10.0. The van der Waals surface area contributed by atoms with E-state index >= 15 is 0 Å². The normalized spacial score (nSPS) is 11.2. The van der Waals surface area contributed by atoms with E-state index in [-0.39, 0.29) is 5.11 Å². The lowest BCUT2D eigenvalue weighted by Crippen LogP contribution is -2.26. The lowest BCUT2D eigenvalue weighted by molar-refractivity contribution is 1.03. The summed E-state index contributed by atoms with van der Waals surface area (Å²) in [6, 6.07) is 15.3. The van der Waals surface area contributed by atoms with Crippen molar-refractivity contribution in [1.82, 2.24) is 5.43 Å². The number of hydrazone groups is 1. The SMILES string of the molecule is NC(=S)N/N=C(/c1ccccc1)c1cc(Br)ccc1N. The summed E-state index contributed by atoms with van der Waals surface area (Å²) in [5.74, 6) is 0. The van der Waals surface area contributed by atoms with Gasteiger partial charge in [-0.25, -0.2) is 0 Å². The van der Waals surface area contributed by atoms with Crippen LogP contribution in [0.1, 0.15) is 11.1 Å². The molecule has 0 unspecified atom stereocenters. The van der Waals surface area contributed by atoms with Crippen molar-refractivity contribution in [3.63, 3.8) is 0 Å². The van der Waals surface area contributed by atoms with Crippen molar-refractivity contribution >= 4 is 44.7 Å². The lowest BCUT2D eigenvalue weighted by Gasteiger charge is -2.11. The summed E-state index contributed by atoms with van der Waals surface area (Å²) in [4.78, 5) is 0. The highest BCUT2D eigenvalue weighted by molar-refractivity contribution is 9.10. The molecule has 0 spiro atoms. The number of hydrogen-bond acceptors (Lipinski definition) is 3. The molecule has 4 nitrogen and oxygen atoms in total. The first-order valence-electron chi connectivity index (χ1n) is 5.82. The predicted octanol–water partition coefficient (Wildman–Crippen LogP) is 2.62. The monoisotopic (exact) mass is 348 g/mol. The minimum absolute atomic E-state index is 0.104. The Bertz CT molecular complexity index is 655. The maximum atomic E-state index is 6.04. The Labute approximate surface area is 131 Å². The Kier molecular flexibility index (Phi) is 4.70. The van der Waals surface area contributed by atoms with E-state index < -0.39 is 0 Å². The molecule has 6 heteroatoms. The summed E-state index contributed by atoms with van der Waals surface area (Å²) in [5.41, 5.74) is 17.1. The van der Waals surface area contributed by atoms with Crippen LogP contribution in [0.15, 0.2) is 58.1 Å². The third-order valence-corrected chi connectivity index (χ3v) is 3.18. The Balaban J connectivity index is 2.55. The first-order chi connectivity index (χ1) is 9.58. The molecule has 20 heavy (non-hydrogen) atoms. The van der Waals surface area contributed by atoms with Gasteiger partial charge in [0.1, 0.15) is 0 Å². The molecule has 0 saturated carbocycles. The molecule has 0 saturated heterocycles. The summed E-state index contributed by atoms with van der Waals surface area (Å²) in [6.07, 6.45) is 0. The van der Waals surface area contributed by atoms with Crippen molar-refractivity contribution < 1.29 is 0 Å². The predicted molar refractivity (Wildman–Crippen MR) is 90.6 cm³/mol. The zero-order valence-electron chi connectivity index (χ0n) is 10.5. The molecule has 102 valence electrons. The van der Waals surface area contributed by atoms with Gasteiger partial charge < -0.3 is 11.5 Å². The van der Waals surface area contributed by atoms with Gasteiger partial charge in [0.2, 0.25) is 0 Å². The van der Waals surface area contributed by atoms with E-state index in [4.69, 9.17) is 23.7 Å². The van der Waals surface area contributed by atoms with Crippen LogP contribution in [0.4, 0.5) is 5.69 Å². The van der Waals surface area contributed by atoms with Gasteiger partial charge in [0, 0.05) is 21.3 Å². The summed E-state index contributed by atoms with van der Waals surface area (Å²) >= 11 is 8.23. The molecular formula is C14H13BrN4S. The first-order valence-corrected chi connectivity index (χ1v) is 7.02. The molecule has 0 fully saturated rings. The third-order valence-electron chi connectivity index (χ3n) is 2.60. The fourth-order valence-electron chi connectivity index (χ4n) is 1.72. The van der Waals surface area contributed by atoms with E-state index in [0.29, 0.717) is 11.4 Å². The van der Waals surface area contributed by atoms with E-state index in [1.165, 1.54) is 0 Å². The highest BCUT2D eigenvalue weighted by atomic mass is 79.9. The standard InChI is InChI=1S/C14H13BrN4S/c15-10-6-7-12(16)11(8-10)13(18-19-14(17)20)9-4-2-1-3-5-9/h1-8H,16H2,(H3,17,19,20)/b18-13-. The van der Waals surface area contributed by atoms with Gasteiger partial charge in [0.15, 0.2) is 5.11 Å². The van der Waals surface area contributed by atoms with Crippen molar-refractivity contribution in [2.24, 2.45) is 10.8 Å². The number of nitrogen functional groups attached to an aromatic ring is 1. The van der Waals surface area contributed by atoms with Crippen LogP contribution in [-0.2, 0) is 0 Å². The Morgan fingerprint density at radius 3 is 2.50 bits per heavy atom. The van der Waals surface area contributed by atoms with Gasteiger partial charge in [0.25, 0.3) is 0 Å². The summed E-state index contributed by atoms with van der Waals surface area (Å²) in [6.45, 7) is 0. The molecule has 0 amide bonds. The summed E-state index contributed by atoms with van der Waals surface area (Å²) in [5, 5.41) is 4.37. The van der Waals surface area contributed by atoms with Crippen LogP contribution in [0.3, 0.4) is 0 Å². The van der Waals surface area contributed by atoms with E-state index in [1.807, 2.05) is 48.5 Å².